The number of halogens is 1. The lowest BCUT2D eigenvalue weighted by molar-refractivity contribution is 0.0677. The van der Waals surface area contributed by atoms with Gasteiger partial charge in [0.05, 0.1) is 26.4 Å². The number of nitrogens with one attached hydrogen (secondary N) is 1. The fraction of sp³-hybridized carbons (Fsp3) is 0.385. The molecule has 186 valence electrons. The van der Waals surface area contributed by atoms with Gasteiger partial charge in [0.2, 0.25) is 0 Å². The number of amides is 1. The number of methoxy groups -OCH3 is 2. The van der Waals surface area contributed by atoms with Crippen molar-refractivity contribution < 1.29 is 24.1 Å². The van der Waals surface area contributed by atoms with Crippen LogP contribution in [0.1, 0.15) is 47.1 Å². The van der Waals surface area contributed by atoms with Crippen molar-refractivity contribution in [3.63, 3.8) is 0 Å². The fourth-order valence-corrected chi connectivity index (χ4v) is 4.42. The molecule has 1 aromatic heterocycles. The number of rotatable bonds is 9. The molecule has 0 bridgehead atoms. The molecular weight excluding hydrogens is 470 g/mol. The standard InChI is InChI=1S/C26H30ClN3O5/c1-14(2)13-35-20-7-6-16(11-21(20)34-5)25-22-23(17-12-18(27)15(3)10-19(17)31)28-29-24(22)26(32)30(25)8-9-33-4/h6-7,10-12,14,25,31H,8-9,13H2,1-5H3,(H,28,29). The van der Waals surface area contributed by atoms with Crippen molar-refractivity contribution in [2.24, 2.45) is 5.92 Å². The van der Waals surface area contributed by atoms with Gasteiger partial charge in [-0.25, -0.2) is 0 Å². The van der Waals surface area contributed by atoms with Gasteiger partial charge in [-0.05, 0) is 48.2 Å². The maximum atomic E-state index is 13.4. The van der Waals surface area contributed by atoms with Gasteiger partial charge >= 0.3 is 0 Å². The Morgan fingerprint density at radius 2 is 1.97 bits per heavy atom. The fourth-order valence-electron chi connectivity index (χ4n) is 4.25. The third-order valence-corrected chi connectivity index (χ3v) is 6.41. The van der Waals surface area contributed by atoms with Gasteiger partial charge in [-0.1, -0.05) is 31.5 Å². The SMILES string of the molecule is COCCN1C(=O)c2[nH]nc(-c3cc(Cl)c(C)cc3O)c2C1c1ccc(OCC(C)C)c(OC)c1. The molecule has 0 saturated carbocycles. The molecule has 0 fully saturated rings. The van der Waals surface area contributed by atoms with Gasteiger partial charge in [0, 0.05) is 29.8 Å². The second kappa shape index (κ2) is 10.2. The van der Waals surface area contributed by atoms with Crippen LogP contribution in [0.2, 0.25) is 5.02 Å². The third-order valence-electron chi connectivity index (χ3n) is 6.01. The maximum absolute atomic E-state index is 13.4. The largest absolute Gasteiger partial charge is 0.507 e. The second-order valence-electron chi connectivity index (χ2n) is 8.99. The molecule has 0 aliphatic carbocycles. The molecule has 1 aliphatic heterocycles. The van der Waals surface area contributed by atoms with Gasteiger partial charge in [-0.3, -0.25) is 9.89 Å². The first-order valence-electron chi connectivity index (χ1n) is 11.4. The Morgan fingerprint density at radius 3 is 2.66 bits per heavy atom. The lowest BCUT2D eigenvalue weighted by Gasteiger charge is -2.27. The summed E-state index contributed by atoms with van der Waals surface area (Å²) in [5.74, 6) is 1.41. The van der Waals surface area contributed by atoms with Crippen LogP contribution < -0.4 is 9.47 Å². The zero-order chi connectivity index (χ0) is 25.3. The number of phenols is 1. The van der Waals surface area contributed by atoms with Crippen molar-refractivity contribution in [3.8, 4) is 28.5 Å². The molecule has 2 aromatic carbocycles. The van der Waals surface area contributed by atoms with E-state index in [0.717, 1.165) is 11.1 Å². The molecule has 0 radical (unpaired) electrons. The monoisotopic (exact) mass is 499 g/mol. The summed E-state index contributed by atoms with van der Waals surface area (Å²) in [6, 6.07) is 8.44. The Balaban J connectivity index is 1.84. The summed E-state index contributed by atoms with van der Waals surface area (Å²) < 4.78 is 16.8. The molecule has 1 atom stereocenters. The average Bonchev–Trinajstić information content (AvgIpc) is 3.37. The second-order valence-corrected chi connectivity index (χ2v) is 9.40. The van der Waals surface area contributed by atoms with Gasteiger partial charge in [0.15, 0.2) is 11.5 Å². The zero-order valence-corrected chi connectivity index (χ0v) is 21.3. The van der Waals surface area contributed by atoms with Crippen molar-refractivity contribution in [1.29, 1.82) is 0 Å². The van der Waals surface area contributed by atoms with E-state index in [-0.39, 0.29) is 11.7 Å². The van der Waals surface area contributed by atoms with E-state index in [1.807, 2.05) is 25.1 Å². The van der Waals surface area contributed by atoms with E-state index in [2.05, 4.69) is 24.0 Å². The minimum Gasteiger partial charge on any atom is -0.507 e. The zero-order valence-electron chi connectivity index (χ0n) is 20.5. The van der Waals surface area contributed by atoms with E-state index >= 15 is 0 Å². The quantitative estimate of drug-likeness (QED) is 0.431. The highest BCUT2D eigenvalue weighted by Gasteiger charge is 2.42. The minimum atomic E-state index is -0.478. The van der Waals surface area contributed by atoms with Gasteiger partial charge in [-0.2, -0.15) is 5.10 Å². The number of phenolic OH excluding ortho intramolecular Hbond substituents is 1. The van der Waals surface area contributed by atoms with Crippen LogP contribution in [0, 0.1) is 12.8 Å². The third kappa shape index (κ3) is 4.68. The predicted molar refractivity (Wildman–Crippen MR) is 134 cm³/mol. The van der Waals surface area contributed by atoms with E-state index < -0.39 is 6.04 Å². The van der Waals surface area contributed by atoms with E-state index in [4.69, 9.17) is 25.8 Å². The normalized spacial score (nSPS) is 15.1. The molecule has 0 spiro atoms. The molecule has 0 saturated heterocycles. The van der Waals surface area contributed by atoms with Gasteiger partial charge in [0.1, 0.15) is 17.1 Å². The van der Waals surface area contributed by atoms with Crippen LogP contribution in [0.25, 0.3) is 11.3 Å². The van der Waals surface area contributed by atoms with E-state index in [1.54, 1.807) is 31.3 Å². The Hall–Kier alpha value is -3.23. The number of nitrogens with zero attached hydrogens (tertiary/aromatic N) is 2. The van der Waals surface area contributed by atoms with Crippen molar-refractivity contribution in [1.82, 2.24) is 15.1 Å². The average molecular weight is 500 g/mol. The molecule has 4 rings (SSSR count). The van der Waals surface area contributed by atoms with Crippen LogP contribution in [-0.2, 0) is 4.74 Å². The summed E-state index contributed by atoms with van der Waals surface area (Å²) in [6.07, 6.45) is 0. The van der Waals surface area contributed by atoms with E-state index in [9.17, 15) is 9.90 Å². The number of aromatic amines is 1. The Kier molecular flexibility index (Phi) is 7.23. The Labute approximate surface area is 209 Å². The van der Waals surface area contributed by atoms with Crippen LogP contribution >= 0.6 is 11.6 Å². The van der Waals surface area contributed by atoms with Crippen LogP contribution in [-0.4, -0.2) is 60.1 Å². The maximum Gasteiger partial charge on any atom is 0.273 e. The molecule has 2 N–H and O–H groups in total. The first-order chi connectivity index (χ1) is 16.8. The minimum absolute atomic E-state index is 0.0396. The van der Waals surface area contributed by atoms with Gasteiger partial charge in [-0.15, -0.1) is 0 Å². The van der Waals surface area contributed by atoms with Crippen LogP contribution in [0.5, 0.6) is 17.2 Å². The molecular formula is C26H30ClN3O5. The number of benzene rings is 2. The van der Waals surface area contributed by atoms with Crippen molar-refractivity contribution in [2.45, 2.75) is 26.8 Å². The van der Waals surface area contributed by atoms with Crippen LogP contribution in [0.4, 0.5) is 0 Å². The molecule has 3 aromatic rings. The number of carbonyl (C=O) groups excluding carboxylic acids is 1. The summed E-state index contributed by atoms with van der Waals surface area (Å²) in [6.45, 7) is 7.26. The summed E-state index contributed by atoms with van der Waals surface area (Å²) in [7, 11) is 3.18. The number of hydrogen-bond acceptors (Lipinski definition) is 6. The van der Waals surface area contributed by atoms with Crippen molar-refractivity contribution >= 4 is 17.5 Å². The molecule has 1 unspecified atom stereocenters. The highest BCUT2D eigenvalue weighted by Crippen LogP contribution is 2.46. The first-order valence-corrected chi connectivity index (χ1v) is 11.8. The number of fused-ring (bicyclic) bond motifs is 1. The predicted octanol–water partition coefficient (Wildman–Crippen LogP) is 4.98. The summed E-state index contributed by atoms with van der Waals surface area (Å²) in [5, 5.41) is 18.5. The number of H-pyrrole nitrogens is 1. The lowest BCUT2D eigenvalue weighted by Crippen LogP contribution is -2.32. The summed E-state index contributed by atoms with van der Waals surface area (Å²) in [4.78, 5) is 15.1. The number of aromatic hydroxyl groups is 1. The highest BCUT2D eigenvalue weighted by atomic mass is 35.5. The molecule has 9 heteroatoms. The number of aryl methyl sites for hydroxylation is 1. The van der Waals surface area contributed by atoms with Crippen molar-refractivity contribution in [3.05, 3.63) is 57.7 Å². The van der Waals surface area contributed by atoms with Crippen LogP contribution in [0.15, 0.2) is 30.3 Å². The molecule has 35 heavy (non-hydrogen) atoms. The number of hydrogen-bond donors (Lipinski definition) is 2. The number of carbonyl (C=O) groups is 1. The first kappa shape index (κ1) is 24.9. The summed E-state index contributed by atoms with van der Waals surface area (Å²) in [5.41, 5.74) is 3.53. The topological polar surface area (TPSA) is 96.9 Å². The van der Waals surface area contributed by atoms with E-state index in [0.29, 0.717) is 64.7 Å². The van der Waals surface area contributed by atoms with Crippen LogP contribution in [0.3, 0.4) is 0 Å². The Morgan fingerprint density at radius 1 is 1.20 bits per heavy atom. The van der Waals surface area contributed by atoms with Gasteiger partial charge < -0.3 is 24.2 Å². The van der Waals surface area contributed by atoms with E-state index in [1.165, 1.54) is 0 Å². The highest BCUT2D eigenvalue weighted by molar-refractivity contribution is 6.31. The number of ether oxygens (including phenoxy) is 3. The molecule has 2 heterocycles. The lowest BCUT2D eigenvalue weighted by atomic mass is 9.95. The summed E-state index contributed by atoms with van der Waals surface area (Å²) >= 11 is 6.37. The number of aromatic nitrogens is 2. The molecule has 8 nitrogen and oxygen atoms in total. The molecule has 1 aliphatic rings. The van der Waals surface area contributed by atoms with Crippen molar-refractivity contribution in [2.75, 3.05) is 34.0 Å². The molecule has 1 amide bonds. The van der Waals surface area contributed by atoms with Gasteiger partial charge in [0.25, 0.3) is 5.91 Å². The Bertz CT molecular complexity index is 1240. The smallest absolute Gasteiger partial charge is 0.273 e.